The number of aromatic nitrogens is 4. The van der Waals surface area contributed by atoms with Gasteiger partial charge in [-0.05, 0) is 15.2 Å². The Labute approximate surface area is 87.7 Å². The Morgan fingerprint density at radius 3 is 2.31 bits per heavy atom. The van der Waals surface area contributed by atoms with Crippen molar-refractivity contribution in [1.29, 1.82) is 5.41 Å². The zero-order valence-corrected chi connectivity index (χ0v) is 7.86. The first-order valence-electron chi connectivity index (χ1n) is 3.47. The van der Waals surface area contributed by atoms with Crippen molar-refractivity contribution in [3.05, 3.63) is 10.1 Å². The van der Waals surface area contributed by atoms with Gasteiger partial charge in [0, 0.05) is 0 Å². The first-order valence-corrected chi connectivity index (χ1v) is 3.47. The van der Waals surface area contributed by atoms with Gasteiger partial charge in [0.15, 0.2) is 5.03 Å². The lowest BCUT2D eigenvalue weighted by atomic mass is 11.0. The van der Waals surface area contributed by atoms with E-state index in [9.17, 15) is 10.1 Å². The van der Waals surface area contributed by atoms with Crippen molar-refractivity contribution in [2.45, 2.75) is 0 Å². The van der Waals surface area contributed by atoms with Gasteiger partial charge in [-0.15, -0.1) is 17.5 Å². The summed E-state index contributed by atoms with van der Waals surface area (Å²) >= 11 is 0. The molecule has 0 aliphatic heterocycles. The molecule has 1 rings (SSSR count). The van der Waals surface area contributed by atoms with Crippen LogP contribution in [0.2, 0.25) is 0 Å². The van der Waals surface area contributed by atoms with E-state index in [1.54, 1.807) is 5.43 Å². The van der Waals surface area contributed by atoms with Crippen LogP contribution in [-0.4, -0.2) is 36.4 Å². The number of hydrazine groups is 1. The van der Waals surface area contributed by atoms with Crippen LogP contribution in [0.1, 0.15) is 0 Å². The van der Waals surface area contributed by atoms with E-state index in [1.165, 1.54) is 0 Å². The summed E-state index contributed by atoms with van der Waals surface area (Å²) in [6, 6.07) is 0. The molecule has 0 aromatic carbocycles. The van der Waals surface area contributed by atoms with Crippen LogP contribution in [0.15, 0.2) is 0 Å². The van der Waals surface area contributed by atoms with Gasteiger partial charge in [-0.25, -0.2) is 20.6 Å². The Bertz CT molecular complexity index is 334. The molecule has 16 heavy (non-hydrogen) atoms. The van der Waals surface area contributed by atoms with Crippen LogP contribution in [0.4, 0.5) is 5.95 Å². The lowest BCUT2D eigenvalue weighted by Gasteiger charge is -2.14. The first-order chi connectivity index (χ1) is 7.23. The second-order valence-electron chi connectivity index (χ2n) is 2.34. The average molecular weight is 235 g/mol. The number of tetrazole rings is 1. The summed E-state index contributed by atoms with van der Waals surface area (Å²) in [4.78, 5) is 8.56. The van der Waals surface area contributed by atoms with Gasteiger partial charge in [0.05, 0.1) is 0 Å². The monoisotopic (exact) mass is 235 g/mol. The van der Waals surface area contributed by atoms with Crippen LogP contribution >= 0.6 is 0 Å². The normalized spacial score (nSPS) is 9.94. The molecule has 1 aromatic heterocycles. The number of aromatic amines is 1. The fourth-order valence-corrected chi connectivity index (χ4v) is 0.293. The van der Waals surface area contributed by atoms with E-state index in [2.05, 4.69) is 20.6 Å². The zero-order valence-electron chi connectivity index (χ0n) is 7.86. The van der Waals surface area contributed by atoms with Gasteiger partial charge < -0.3 is 5.73 Å². The molecule has 14 heteroatoms. The standard InChI is InChI=1S/CH2N6O2.CH9N6/c8-7(9)4-1-2-5-6-3-1;2-1(3)7(4,5)6/h(H2,2,3,4,5,6);4-6H2,(H3,2,3)/q;+1. The van der Waals surface area contributed by atoms with E-state index >= 15 is 0 Å². The van der Waals surface area contributed by atoms with Crippen molar-refractivity contribution in [2.24, 2.45) is 23.3 Å². The highest BCUT2D eigenvalue weighted by molar-refractivity contribution is 5.65. The largest absolute Gasteiger partial charge is 0.352 e. The predicted octanol–water partition coefficient (Wildman–Crippen LogP) is -3.88. The molecule has 90 valence electrons. The van der Waals surface area contributed by atoms with Gasteiger partial charge in [-0.1, -0.05) is 10.5 Å². The van der Waals surface area contributed by atoms with E-state index in [-0.39, 0.29) is 5.95 Å². The third kappa shape index (κ3) is 6.10. The molecule has 0 amide bonds. The Balaban J connectivity index is 0.000000293. The number of anilines is 1. The minimum atomic E-state index is -1.08. The Morgan fingerprint density at radius 1 is 1.56 bits per heavy atom. The number of nitrogens with zero attached hydrogens (tertiary/aromatic N) is 5. The molecule has 0 saturated carbocycles. The molecular weight excluding hydrogens is 224 g/mol. The Morgan fingerprint density at radius 2 is 2.06 bits per heavy atom. The third-order valence-electron chi connectivity index (χ3n) is 0.960. The van der Waals surface area contributed by atoms with Crippen LogP contribution in [0.3, 0.4) is 0 Å². The van der Waals surface area contributed by atoms with Crippen molar-refractivity contribution < 1.29 is 9.84 Å². The van der Waals surface area contributed by atoms with Crippen LogP contribution in [0.25, 0.3) is 0 Å². The van der Waals surface area contributed by atoms with Crippen molar-refractivity contribution in [3.63, 3.8) is 0 Å². The minimum Gasteiger partial charge on any atom is -0.333 e. The number of H-pyrrole nitrogens is 1. The molecule has 0 spiro atoms. The SMILES string of the molecule is N=C(N)[N+](N)(N)N.O=[N+]([O-])Nc1nnn[nH]1. The summed E-state index contributed by atoms with van der Waals surface area (Å²) in [6.45, 7) is 0. The van der Waals surface area contributed by atoms with Crippen molar-refractivity contribution >= 4 is 11.9 Å². The maximum Gasteiger partial charge on any atom is 0.352 e. The van der Waals surface area contributed by atoms with Crippen LogP contribution in [0, 0.1) is 15.5 Å². The number of nitro groups is 1. The van der Waals surface area contributed by atoms with E-state index in [0.29, 0.717) is 0 Å². The zero-order chi connectivity index (χ0) is 12.8. The summed E-state index contributed by atoms with van der Waals surface area (Å²) < 4.78 is 0. The molecule has 0 unspecified atom stereocenters. The van der Waals surface area contributed by atoms with Crippen molar-refractivity contribution in [2.75, 3.05) is 5.43 Å². The molecule has 0 aliphatic rings. The van der Waals surface area contributed by atoms with Crippen LogP contribution in [0.5, 0.6) is 0 Å². The third-order valence-corrected chi connectivity index (χ3v) is 0.960. The Kier molecular flexibility index (Phi) is 4.63. The number of rotatable bonds is 2. The van der Waals surface area contributed by atoms with E-state index in [0.717, 1.165) is 0 Å². The molecule has 1 aromatic rings. The molecular formula is C2H11N12O2+. The average Bonchev–Trinajstić information content (AvgIpc) is 2.54. The van der Waals surface area contributed by atoms with Crippen LogP contribution < -0.4 is 28.7 Å². The molecule has 0 radical (unpaired) electrons. The second-order valence-corrected chi connectivity index (χ2v) is 2.34. The predicted molar refractivity (Wildman–Crippen MR) is 49.5 cm³/mol. The topological polar surface area (TPSA) is 238 Å². The summed E-state index contributed by atoms with van der Waals surface area (Å²) in [6.07, 6.45) is 0. The van der Waals surface area contributed by atoms with Gasteiger partial charge >= 0.3 is 11.9 Å². The summed E-state index contributed by atoms with van der Waals surface area (Å²) in [7, 11) is 0. The highest BCUT2D eigenvalue weighted by Crippen LogP contribution is 1.86. The van der Waals surface area contributed by atoms with Gasteiger partial charge in [0.2, 0.25) is 0 Å². The highest BCUT2D eigenvalue weighted by atomic mass is 16.7. The molecule has 0 aliphatic carbocycles. The second kappa shape index (κ2) is 5.46. The lowest BCUT2D eigenvalue weighted by molar-refractivity contribution is -0.880. The van der Waals surface area contributed by atoms with Crippen molar-refractivity contribution in [3.8, 4) is 0 Å². The van der Waals surface area contributed by atoms with Gasteiger partial charge in [-0.3, -0.25) is 0 Å². The number of nitrogens with two attached hydrogens (primary N) is 4. The summed E-state index contributed by atoms with van der Waals surface area (Å²) in [5.74, 6) is 13.9. The number of hydrogen-bond donors (Lipinski definition) is 7. The maximum absolute atomic E-state index is 9.65. The maximum atomic E-state index is 9.65. The highest BCUT2D eigenvalue weighted by Gasteiger charge is 2.14. The molecule has 11 N–H and O–H groups in total. The molecule has 0 fully saturated rings. The van der Waals surface area contributed by atoms with Crippen LogP contribution in [-0.2, 0) is 0 Å². The van der Waals surface area contributed by atoms with E-state index in [4.69, 9.17) is 28.7 Å². The lowest BCUT2D eigenvalue weighted by Crippen LogP contribution is -2.71. The van der Waals surface area contributed by atoms with Gasteiger partial charge in [0.1, 0.15) is 0 Å². The molecule has 0 saturated heterocycles. The molecule has 1 heterocycles. The summed E-state index contributed by atoms with van der Waals surface area (Å²) in [5.41, 5.74) is 6.47. The van der Waals surface area contributed by atoms with Crippen molar-refractivity contribution in [1.82, 2.24) is 20.6 Å². The molecule has 0 atom stereocenters. The van der Waals surface area contributed by atoms with Gasteiger partial charge in [-0.2, -0.15) is 0 Å². The summed E-state index contributed by atoms with van der Waals surface area (Å²) in [5, 5.41) is 26.9. The molecule has 14 nitrogen and oxygen atoms in total. The number of guanidine groups is 1. The minimum absolute atomic E-state index is 0.0833. The number of hydrogen-bond acceptors (Lipinski definition) is 9. The number of nitrogens with one attached hydrogen (secondary N) is 3. The fourth-order valence-electron chi connectivity index (χ4n) is 0.293. The number of quaternary nitrogens is 1. The fraction of sp³-hybridized carbons (Fsp3) is 0. The van der Waals surface area contributed by atoms with Gasteiger partial charge in [0.25, 0.3) is 0 Å². The quantitative estimate of drug-likeness (QED) is 0.0656. The Hall–Kier alpha value is -2.42. The molecule has 0 bridgehead atoms. The van der Waals surface area contributed by atoms with E-state index in [1.807, 2.05) is 0 Å². The van der Waals surface area contributed by atoms with E-state index < -0.39 is 15.8 Å². The first kappa shape index (κ1) is 13.6. The smallest absolute Gasteiger partial charge is 0.333 e.